The lowest BCUT2D eigenvalue weighted by Crippen LogP contribution is -2.31. The van der Waals surface area contributed by atoms with Crippen LogP contribution in [-0.2, 0) is 4.79 Å². The topological polar surface area (TPSA) is 86.1 Å². The molecule has 26 heavy (non-hydrogen) atoms. The standard InChI is InChI=1S/C18H15ClN4O3/c1-26-14-9-7-13(8-10-14)23-16(17(19)21-22-23)18(25)20-15(11-24)12-5-3-2-4-6-12/h2-11,15H,1H3,(H,20,25). The third kappa shape index (κ3) is 3.57. The number of nitrogens with one attached hydrogen (secondary N) is 1. The van der Waals surface area contributed by atoms with Crippen molar-refractivity contribution >= 4 is 23.8 Å². The van der Waals surface area contributed by atoms with Crippen molar-refractivity contribution in [1.82, 2.24) is 20.3 Å². The number of nitrogens with zero attached hydrogens (tertiary/aromatic N) is 3. The minimum atomic E-state index is -0.806. The number of carbonyl (C=O) groups excluding carboxylic acids is 2. The summed E-state index contributed by atoms with van der Waals surface area (Å²) in [5.74, 6) is 0.104. The highest BCUT2D eigenvalue weighted by Crippen LogP contribution is 2.20. The van der Waals surface area contributed by atoms with Crippen molar-refractivity contribution in [2.24, 2.45) is 0 Å². The van der Waals surface area contributed by atoms with Crippen LogP contribution in [0.5, 0.6) is 5.75 Å². The normalized spacial score (nSPS) is 11.6. The summed E-state index contributed by atoms with van der Waals surface area (Å²) < 4.78 is 6.42. The zero-order valence-electron chi connectivity index (χ0n) is 13.8. The van der Waals surface area contributed by atoms with Crippen molar-refractivity contribution in [3.63, 3.8) is 0 Å². The number of carbonyl (C=O) groups is 2. The van der Waals surface area contributed by atoms with E-state index in [-0.39, 0.29) is 10.8 Å². The molecule has 1 amide bonds. The molecule has 0 bridgehead atoms. The van der Waals surface area contributed by atoms with Crippen LogP contribution in [0.1, 0.15) is 22.1 Å². The Morgan fingerprint density at radius 3 is 2.50 bits per heavy atom. The number of hydrogen-bond donors (Lipinski definition) is 1. The van der Waals surface area contributed by atoms with Crippen molar-refractivity contribution in [3.8, 4) is 11.4 Å². The van der Waals surface area contributed by atoms with E-state index in [1.54, 1.807) is 55.6 Å². The summed E-state index contributed by atoms with van der Waals surface area (Å²) in [6.07, 6.45) is 0.655. The summed E-state index contributed by atoms with van der Waals surface area (Å²) >= 11 is 6.05. The van der Waals surface area contributed by atoms with Gasteiger partial charge in [-0.05, 0) is 29.8 Å². The van der Waals surface area contributed by atoms with Gasteiger partial charge in [0.2, 0.25) is 0 Å². The van der Waals surface area contributed by atoms with E-state index >= 15 is 0 Å². The molecule has 1 atom stereocenters. The highest BCUT2D eigenvalue weighted by atomic mass is 35.5. The fourth-order valence-corrected chi connectivity index (χ4v) is 2.62. The Morgan fingerprint density at radius 1 is 1.19 bits per heavy atom. The number of halogens is 1. The third-order valence-corrected chi connectivity index (χ3v) is 4.00. The monoisotopic (exact) mass is 370 g/mol. The largest absolute Gasteiger partial charge is 0.497 e. The number of hydrogen-bond acceptors (Lipinski definition) is 5. The van der Waals surface area contributed by atoms with E-state index in [0.29, 0.717) is 23.3 Å². The van der Waals surface area contributed by atoms with Gasteiger partial charge in [-0.3, -0.25) is 4.79 Å². The number of aldehydes is 1. The molecule has 1 aromatic heterocycles. The molecule has 0 spiro atoms. The first kappa shape index (κ1) is 17.6. The highest BCUT2D eigenvalue weighted by molar-refractivity contribution is 6.32. The molecular weight excluding hydrogens is 356 g/mol. The molecule has 7 nitrogen and oxygen atoms in total. The number of rotatable bonds is 6. The number of benzene rings is 2. The van der Waals surface area contributed by atoms with Crippen LogP contribution < -0.4 is 10.1 Å². The minimum Gasteiger partial charge on any atom is -0.497 e. The number of ether oxygens (including phenoxy) is 1. The highest BCUT2D eigenvalue weighted by Gasteiger charge is 2.23. The molecule has 132 valence electrons. The number of methoxy groups -OCH3 is 1. The van der Waals surface area contributed by atoms with E-state index in [4.69, 9.17) is 16.3 Å². The second-order valence-corrected chi connectivity index (χ2v) is 5.69. The van der Waals surface area contributed by atoms with Crippen LogP contribution in [-0.4, -0.2) is 34.3 Å². The van der Waals surface area contributed by atoms with E-state index in [9.17, 15) is 9.59 Å². The van der Waals surface area contributed by atoms with Gasteiger partial charge in [-0.2, -0.15) is 0 Å². The quantitative estimate of drug-likeness (QED) is 0.674. The molecule has 0 saturated carbocycles. The Hall–Kier alpha value is -3.19. The average Bonchev–Trinajstić information content (AvgIpc) is 3.08. The molecule has 0 radical (unpaired) electrons. The summed E-state index contributed by atoms with van der Waals surface area (Å²) in [7, 11) is 1.56. The van der Waals surface area contributed by atoms with Crippen LogP contribution in [0, 0.1) is 0 Å². The molecule has 1 heterocycles. The SMILES string of the molecule is COc1ccc(-n2nnc(Cl)c2C(=O)NC(C=O)c2ccccc2)cc1. The number of amides is 1. The Balaban J connectivity index is 1.90. The predicted molar refractivity (Wildman–Crippen MR) is 95.6 cm³/mol. The molecule has 0 fully saturated rings. The number of aromatic nitrogens is 3. The Labute approximate surface area is 154 Å². The van der Waals surface area contributed by atoms with Gasteiger partial charge in [-0.25, -0.2) is 4.68 Å². The lowest BCUT2D eigenvalue weighted by atomic mass is 10.1. The fourth-order valence-electron chi connectivity index (χ4n) is 2.42. The zero-order valence-corrected chi connectivity index (χ0v) is 14.6. The fraction of sp³-hybridized carbons (Fsp3) is 0.111. The molecule has 0 aliphatic heterocycles. The van der Waals surface area contributed by atoms with Crippen LogP contribution in [0.15, 0.2) is 54.6 Å². The van der Waals surface area contributed by atoms with Crippen molar-refractivity contribution in [2.45, 2.75) is 6.04 Å². The van der Waals surface area contributed by atoms with Crippen LogP contribution in [0.25, 0.3) is 5.69 Å². The average molecular weight is 371 g/mol. The van der Waals surface area contributed by atoms with Crippen molar-refractivity contribution in [1.29, 1.82) is 0 Å². The first-order chi connectivity index (χ1) is 12.6. The van der Waals surface area contributed by atoms with E-state index in [1.165, 1.54) is 4.68 Å². The Bertz CT molecular complexity index is 910. The maximum absolute atomic E-state index is 12.7. The third-order valence-electron chi connectivity index (χ3n) is 3.74. The molecule has 1 unspecified atom stereocenters. The first-order valence-electron chi connectivity index (χ1n) is 7.70. The molecule has 2 aromatic carbocycles. The molecule has 0 saturated heterocycles. The van der Waals surface area contributed by atoms with E-state index < -0.39 is 11.9 Å². The van der Waals surface area contributed by atoms with Gasteiger partial charge in [0, 0.05) is 0 Å². The van der Waals surface area contributed by atoms with E-state index in [2.05, 4.69) is 15.6 Å². The molecule has 0 aliphatic rings. The maximum Gasteiger partial charge on any atom is 0.274 e. The smallest absolute Gasteiger partial charge is 0.274 e. The van der Waals surface area contributed by atoms with Crippen LogP contribution in [0.3, 0.4) is 0 Å². The summed E-state index contributed by atoms with van der Waals surface area (Å²) in [6.45, 7) is 0. The molecular formula is C18H15ClN4O3. The van der Waals surface area contributed by atoms with Gasteiger partial charge in [-0.15, -0.1) is 5.10 Å². The molecule has 3 aromatic rings. The zero-order chi connectivity index (χ0) is 18.5. The molecule has 8 heteroatoms. The summed E-state index contributed by atoms with van der Waals surface area (Å²) in [5.41, 5.74) is 1.28. The summed E-state index contributed by atoms with van der Waals surface area (Å²) in [6, 6.07) is 15.0. The summed E-state index contributed by atoms with van der Waals surface area (Å²) in [4.78, 5) is 24.1. The van der Waals surface area contributed by atoms with Gasteiger partial charge in [0.15, 0.2) is 10.8 Å². The van der Waals surface area contributed by atoms with Crippen LogP contribution in [0.2, 0.25) is 5.15 Å². The molecule has 1 N–H and O–H groups in total. The minimum absolute atomic E-state index is 0.0413. The van der Waals surface area contributed by atoms with Crippen molar-refractivity contribution < 1.29 is 14.3 Å². The van der Waals surface area contributed by atoms with Crippen LogP contribution in [0.4, 0.5) is 0 Å². The van der Waals surface area contributed by atoms with Gasteiger partial charge in [0.1, 0.15) is 18.1 Å². The van der Waals surface area contributed by atoms with Gasteiger partial charge in [-0.1, -0.05) is 47.1 Å². The van der Waals surface area contributed by atoms with E-state index in [0.717, 1.165) is 0 Å². The maximum atomic E-state index is 12.7. The second-order valence-electron chi connectivity index (χ2n) is 5.34. The lowest BCUT2D eigenvalue weighted by molar-refractivity contribution is -0.109. The molecule has 0 aliphatic carbocycles. The van der Waals surface area contributed by atoms with Crippen molar-refractivity contribution in [3.05, 3.63) is 71.0 Å². The van der Waals surface area contributed by atoms with Gasteiger partial charge in [0.05, 0.1) is 12.8 Å². The predicted octanol–water partition coefficient (Wildman–Crippen LogP) is 2.60. The van der Waals surface area contributed by atoms with Crippen molar-refractivity contribution in [2.75, 3.05) is 7.11 Å². The van der Waals surface area contributed by atoms with Gasteiger partial charge >= 0.3 is 0 Å². The van der Waals surface area contributed by atoms with Gasteiger partial charge < -0.3 is 14.8 Å². The van der Waals surface area contributed by atoms with Crippen LogP contribution >= 0.6 is 11.6 Å². The second kappa shape index (κ2) is 7.79. The lowest BCUT2D eigenvalue weighted by Gasteiger charge is -2.14. The Morgan fingerprint density at radius 2 is 1.88 bits per heavy atom. The first-order valence-corrected chi connectivity index (χ1v) is 8.08. The summed E-state index contributed by atoms with van der Waals surface area (Å²) in [5, 5.41) is 10.3. The molecule has 3 rings (SSSR count). The Kier molecular flexibility index (Phi) is 5.28. The van der Waals surface area contributed by atoms with Gasteiger partial charge in [0.25, 0.3) is 5.91 Å². The van der Waals surface area contributed by atoms with E-state index in [1.807, 2.05) is 6.07 Å².